The van der Waals surface area contributed by atoms with Gasteiger partial charge in [-0.1, -0.05) is 33.1 Å². The van der Waals surface area contributed by atoms with Gasteiger partial charge in [0, 0.05) is 19.6 Å². The SMILES string of the molecule is CC(C)C1CN(CC2(O)CCCCC2)C1. The molecule has 0 aromatic carbocycles. The average Bonchev–Trinajstić information content (AvgIpc) is 2.11. The Morgan fingerprint density at radius 2 is 1.80 bits per heavy atom. The van der Waals surface area contributed by atoms with Crippen LogP contribution in [0.4, 0.5) is 0 Å². The van der Waals surface area contributed by atoms with Gasteiger partial charge in [0.1, 0.15) is 0 Å². The standard InChI is InChI=1S/C13H25NO/c1-11(2)12-8-14(9-12)10-13(15)6-4-3-5-7-13/h11-12,15H,3-10H2,1-2H3. The fraction of sp³-hybridized carbons (Fsp3) is 1.00. The lowest BCUT2D eigenvalue weighted by atomic mass is 9.82. The van der Waals surface area contributed by atoms with Crippen LogP contribution in [0, 0.1) is 11.8 Å². The highest BCUT2D eigenvalue weighted by molar-refractivity contribution is 4.90. The van der Waals surface area contributed by atoms with Crippen LogP contribution in [0.2, 0.25) is 0 Å². The smallest absolute Gasteiger partial charge is 0.0774 e. The molecule has 0 aromatic heterocycles. The maximum absolute atomic E-state index is 10.4. The van der Waals surface area contributed by atoms with E-state index in [1.807, 2.05) is 0 Å². The molecule has 1 aliphatic carbocycles. The second-order valence-electron chi connectivity index (χ2n) is 5.98. The maximum atomic E-state index is 10.4. The number of hydrogen-bond acceptors (Lipinski definition) is 2. The van der Waals surface area contributed by atoms with Crippen LogP contribution in [0.1, 0.15) is 46.0 Å². The van der Waals surface area contributed by atoms with Crippen molar-refractivity contribution in [1.29, 1.82) is 0 Å². The molecule has 1 saturated heterocycles. The topological polar surface area (TPSA) is 23.5 Å². The molecular formula is C13H25NO. The van der Waals surface area contributed by atoms with Crippen LogP contribution in [0.15, 0.2) is 0 Å². The van der Waals surface area contributed by atoms with Crippen LogP contribution < -0.4 is 0 Å². The van der Waals surface area contributed by atoms with Crippen LogP contribution in [0.5, 0.6) is 0 Å². The minimum Gasteiger partial charge on any atom is -0.389 e. The zero-order valence-electron chi connectivity index (χ0n) is 10.2. The third kappa shape index (κ3) is 2.73. The zero-order valence-corrected chi connectivity index (χ0v) is 10.2. The second-order valence-corrected chi connectivity index (χ2v) is 5.98. The summed E-state index contributed by atoms with van der Waals surface area (Å²) in [5, 5.41) is 10.4. The Bertz CT molecular complexity index is 203. The lowest BCUT2D eigenvalue weighted by Crippen LogP contribution is -2.55. The third-order valence-electron chi connectivity index (χ3n) is 4.23. The average molecular weight is 211 g/mol. The van der Waals surface area contributed by atoms with Gasteiger partial charge in [0.2, 0.25) is 0 Å². The van der Waals surface area contributed by atoms with Crippen molar-refractivity contribution in [2.45, 2.75) is 51.6 Å². The Kier molecular flexibility index (Phi) is 3.36. The third-order valence-corrected chi connectivity index (χ3v) is 4.23. The Hall–Kier alpha value is -0.0800. The van der Waals surface area contributed by atoms with Crippen molar-refractivity contribution < 1.29 is 5.11 Å². The van der Waals surface area contributed by atoms with Crippen LogP contribution in [0.3, 0.4) is 0 Å². The minimum atomic E-state index is -0.347. The van der Waals surface area contributed by atoms with Gasteiger partial charge < -0.3 is 5.11 Å². The molecule has 0 unspecified atom stereocenters. The van der Waals surface area contributed by atoms with Crippen molar-refractivity contribution >= 4 is 0 Å². The van der Waals surface area contributed by atoms with E-state index in [1.54, 1.807) is 0 Å². The summed E-state index contributed by atoms with van der Waals surface area (Å²) in [7, 11) is 0. The first-order chi connectivity index (χ1) is 7.09. The number of rotatable bonds is 3. The molecular weight excluding hydrogens is 186 g/mol. The molecule has 2 aliphatic rings. The van der Waals surface area contributed by atoms with Crippen molar-refractivity contribution in [1.82, 2.24) is 4.90 Å². The zero-order chi connectivity index (χ0) is 10.9. The first kappa shape index (κ1) is 11.4. The molecule has 1 heterocycles. The second kappa shape index (κ2) is 4.42. The number of hydrogen-bond donors (Lipinski definition) is 1. The molecule has 0 spiro atoms. The molecule has 2 nitrogen and oxygen atoms in total. The Morgan fingerprint density at radius 3 is 2.33 bits per heavy atom. The Labute approximate surface area is 93.7 Å². The van der Waals surface area contributed by atoms with Gasteiger partial charge in [-0.25, -0.2) is 0 Å². The van der Waals surface area contributed by atoms with Gasteiger partial charge in [-0.2, -0.15) is 0 Å². The Morgan fingerprint density at radius 1 is 1.20 bits per heavy atom. The molecule has 88 valence electrons. The molecule has 0 radical (unpaired) electrons. The summed E-state index contributed by atoms with van der Waals surface area (Å²) in [6.07, 6.45) is 5.80. The summed E-state index contributed by atoms with van der Waals surface area (Å²) in [5.41, 5.74) is -0.347. The normalized spacial score (nSPS) is 28.0. The van der Waals surface area contributed by atoms with Gasteiger partial charge in [0.25, 0.3) is 0 Å². The molecule has 0 bridgehead atoms. The van der Waals surface area contributed by atoms with Gasteiger partial charge in [-0.3, -0.25) is 4.90 Å². The van der Waals surface area contributed by atoms with Crippen LogP contribution in [0.25, 0.3) is 0 Å². The summed E-state index contributed by atoms with van der Waals surface area (Å²) in [5.74, 6) is 1.68. The summed E-state index contributed by atoms with van der Waals surface area (Å²) in [6, 6.07) is 0. The number of nitrogens with zero attached hydrogens (tertiary/aromatic N) is 1. The van der Waals surface area contributed by atoms with Gasteiger partial charge >= 0.3 is 0 Å². The molecule has 2 fully saturated rings. The number of likely N-dealkylation sites (tertiary alicyclic amines) is 1. The minimum absolute atomic E-state index is 0.347. The Balaban J connectivity index is 1.74. The summed E-state index contributed by atoms with van der Waals surface area (Å²) < 4.78 is 0. The molecule has 0 amide bonds. The van der Waals surface area contributed by atoms with Gasteiger partial charge in [0.15, 0.2) is 0 Å². The predicted octanol–water partition coefficient (Wildman–Crippen LogP) is 2.27. The van der Waals surface area contributed by atoms with Crippen LogP contribution >= 0.6 is 0 Å². The molecule has 2 heteroatoms. The highest BCUT2D eigenvalue weighted by atomic mass is 16.3. The highest BCUT2D eigenvalue weighted by Gasteiger charge is 2.36. The largest absolute Gasteiger partial charge is 0.389 e. The van der Waals surface area contributed by atoms with Crippen LogP contribution in [-0.4, -0.2) is 35.2 Å². The quantitative estimate of drug-likeness (QED) is 0.774. The lowest BCUT2D eigenvalue weighted by molar-refractivity contribution is -0.0592. The predicted molar refractivity (Wildman–Crippen MR) is 62.8 cm³/mol. The molecule has 1 N–H and O–H groups in total. The molecule has 1 saturated carbocycles. The first-order valence-electron chi connectivity index (χ1n) is 6.54. The van der Waals surface area contributed by atoms with Crippen molar-refractivity contribution in [3.63, 3.8) is 0 Å². The van der Waals surface area contributed by atoms with Crippen molar-refractivity contribution in [3.8, 4) is 0 Å². The van der Waals surface area contributed by atoms with Crippen molar-refractivity contribution in [2.75, 3.05) is 19.6 Å². The monoisotopic (exact) mass is 211 g/mol. The summed E-state index contributed by atoms with van der Waals surface area (Å²) in [6.45, 7) is 7.95. The summed E-state index contributed by atoms with van der Waals surface area (Å²) in [4.78, 5) is 2.44. The lowest BCUT2D eigenvalue weighted by Gasteiger charge is -2.46. The van der Waals surface area contributed by atoms with E-state index in [4.69, 9.17) is 0 Å². The molecule has 0 aromatic rings. The molecule has 15 heavy (non-hydrogen) atoms. The highest BCUT2D eigenvalue weighted by Crippen LogP contribution is 2.32. The van der Waals surface area contributed by atoms with Gasteiger partial charge in [-0.05, 0) is 24.7 Å². The van der Waals surface area contributed by atoms with E-state index in [2.05, 4.69) is 18.7 Å². The fourth-order valence-corrected chi connectivity index (χ4v) is 2.94. The van der Waals surface area contributed by atoms with Gasteiger partial charge in [0.05, 0.1) is 5.60 Å². The number of β-amino-alcohol motifs (C(OH)–C–C–N with tert-alkyl or cyclic N) is 1. The summed E-state index contributed by atoms with van der Waals surface area (Å²) >= 11 is 0. The van der Waals surface area contributed by atoms with E-state index < -0.39 is 0 Å². The van der Waals surface area contributed by atoms with Crippen LogP contribution in [-0.2, 0) is 0 Å². The van der Waals surface area contributed by atoms with E-state index in [0.29, 0.717) is 0 Å². The van der Waals surface area contributed by atoms with Crippen molar-refractivity contribution in [3.05, 3.63) is 0 Å². The van der Waals surface area contributed by atoms with Gasteiger partial charge in [-0.15, -0.1) is 0 Å². The van der Waals surface area contributed by atoms with E-state index in [9.17, 15) is 5.11 Å². The molecule has 2 rings (SSSR count). The maximum Gasteiger partial charge on any atom is 0.0774 e. The van der Waals surface area contributed by atoms with E-state index >= 15 is 0 Å². The van der Waals surface area contributed by atoms with E-state index in [-0.39, 0.29) is 5.60 Å². The number of aliphatic hydroxyl groups is 1. The van der Waals surface area contributed by atoms with E-state index in [0.717, 1.165) is 31.2 Å². The molecule has 1 aliphatic heterocycles. The first-order valence-corrected chi connectivity index (χ1v) is 6.54. The molecule has 0 atom stereocenters. The fourth-order valence-electron chi connectivity index (χ4n) is 2.94. The van der Waals surface area contributed by atoms with Crippen molar-refractivity contribution in [2.24, 2.45) is 11.8 Å². The van der Waals surface area contributed by atoms with E-state index in [1.165, 1.54) is 32.4 Å².